The van der Waals surface area contributed by atoms with Gasteiger partial charge in [0.1, 0.15) is 5.82 Å². The normalized spacial score (nSPS) is 26.7. The molecule has 1 aromatic heterocycles. The zero-order valence-corrected chi connectivity index (χ0v) is 14.6. The molecule has 1 amide bonds. The maximum Gasteiger partial charge on any atom is 0.230 e. The van der Waals surface area contributed by atoms with E-state index in [0.717, 1.165) is 18.4 Å². The van der Waals surface area contributed by atoms with Gasteiger partial charge < -0.3 is 14.9 Å². The van der Waals surface area contributed by atoms with Crippen LogP contribution in [-0.4, -0.2) is 33.8 Å². The number of aryl methyl sites for hydroxylation is 1. The first-order valence-corrected chi connectivity index (χ1v) is 9.00. The minimum absolute atomic E-state index is 0.0279. The highest BCUT2D eigenvalue weighted by Crippen LogP contribution is 2.48. The van der Waals surface area contributed by atoms with Crippen LogP contribution in [0.15, 0.2) is 28.8 Å². The van der Waals surface area contributed by atoms with Crippen LogP contribution in [0, 0.1) is 18.7 Å². The van der Waals surface area contributed by atoms with Crippen LogP contribution in [0.5, 0.6) is 0 Å². The molecule has 3 atom stereocenters. The van der Waals surface area contributed by atoms with Gasteiger partial charge in [0.2, 0.25) is 11.8 Å². The van der Waals surface area contributed by atoms with Gasteiger partial charge in [-0.05, 0) is 50.3 Å². The smallest absolute Gasteiger partial charge is 0.230 e. The number of halogens is 1. The van der Waals surface area contributed by atoms with Crippen molar-refractivity contribution in [3.63, 3.8) is 0 Å². The van der Waals surface area contributed by atoms with Crippen molar-refractivity contribution in [3.05, 3.63) is 47.4 Å². The van der Waals surface area contributed by atoms with Crippen LogP contribution in [-0.2, 0) is 10.2 Å². The molecule has 1 aromatic carbocycles. The topological polar surface area (TPSA) is 88.2 Å². The number of hydrogen-bond donors (Lipinski definition) is 2. The van der Waals surface area contributed by atoms with Gasteiger partial charge in [0, 0.05) is 18.4 Å². The highest BCUT2D eigenvalue weighted by Gasteiger charge is 2.51. The number of carbonyl (C=O) groups excluding carboxylic acids is 1. The van der Waals surface area contributed by atoms with Crippen LogP contribution in [0.2, 0.25) is 0 Å². The Morgan fingerprint density at radius 2 is 2.08 bits per heavy atom. The number of nitrogens with one attached hydrogen (secondary N) is 1. The van der Waals surface area contributed by atoms with Crippen molar-refractivity contribution in [2.24, 2.45) is 5.92 Å². The minimum Gasteiger partial charge on any atom is -0.393 e. The maximum atomic E-state index is 13.1. The van der Waals surface area contributed by atoms with Gasteiger partial charge in [0.15, 0.2) is 5.82 Å². The molecule has 2 aliphatic rings. The van der Waals surface area contributed by atoms with E-state index in [1.165, 1.54) is 12.1 Å². The summed E-state index contributed by atoms with van der Waals surface area (Å²) in [6.07, 6.45) is 2.29. The highest BCUT2D eigenvalue weighted by atomic mass is 19.1. The lowest BCUT2D eigenvalue weighted by Crippen LogP contribution is -2.39. The van der Waals surface area contributed by atoms with Gasteiger partial charge in [-0.25, -0.2) is 4.39 Å². The van der Waals surface area contributed by atoms with Crippen molar-refractivity contribution < 1.29 is 18.8 Å². The summed E-state index contributed by atoms with van der Waals surface area (Å²) >= 11 is 0. The number of hydrogen-bond acceptors (Lipinski definition) is 5. The first kappa shape index (κ1) is 17.1. The lowest BCUT2D eigenvalue weighted by atomic mass is 9.94. The molecule has 0 saturated heterocycles. The van der Waals surface area contributed by atoms with Gasteiger partial charge in [-0.1, -0.05) is 17.3 Å². The van der Waals surface area contributed by atoms with E-state index < -0.39 is 11.5 Å². The molecule has 0 bridgehead atoms. The quantitative estimate of drug-likeness (QED) is 0.855. The van der Waals surface area contributed by atoms with E-state index >= 15 is 0 Å². The molecule has 7 heteroatoms. The van der Waals surface area contributed by atoms with Crippen molar-refractivity contribution in [2.75, 3.05) is 6.54 Å². The number of aliphatic hydroxyl groups excluding tert-OH is 1. The summed E-state index contributed by atoms with van der Waals surface area (Å²) in [5.74, 6) is 0.775. The Balaban J connectivity index is 1.36. The van der Waals surface area contributed by atoms with Crippen LogP contribution < -0.4 is 5.32 Å². The van der Waals surface area contributed by atoms with E-state index in [1.54, 1.807) is 19.1 Å². The van der Waals surface area contributed by atoms with Crippen molar-refractivity contribution in [3.8, 4) is 0 Å². The SMILES string of the molecule is Cc1noc([C@H]2C[C@H](CNC(=O)C3(c4ccc(F)cc4)CC3)[C@H](O)C2)n1. The minimum atomic E-state index is -0.541. The number of rotatable bonds is 5. The van der Waals surface area contributed by atoms with Crippen molar-refractivity contribution in [1.29, 1.82) is 0 Å². The first-order valence-electron chi connectivity index (χ1n) is 9.00. The molecule has 2 fully saturated rings. The molecule has 0 aliphatic heterocycles. The predicted octanol–water partition coefficient (Wildman–Crippen LogP) is 2.22. The Kier molecular flexibility index (Phi) is 4.26. The largest absolute Gasteiger partial charge is 0.393 e. The van der Waals surface area contributed by atoms with Crippen LogP contribution in [0.25, 0.3) is 0 Å². The van der Waals surface area contributed by atoms with E-state index in [2.05, 4.69) is 15.5 Å². The second kappa shape index (κ2) is 6.46. The summed E-state index contributed by atoms with van der Waals surface area (Å²) in [6, 6.07) is 6.14. The number of nitrogens with zero attached hydrogens (tertiary/aromatic N) is 2. The van der Waals surface area contributed by atoms with Crippen molar-refractivity contribution >= 4 is 5.91 Å². The molecule has 4 rings (SSSR count). The van der Waals surface area contributed by atoms with Crippen LogP contribution in [0.3, 0.4) is 0 Å². The molecule has 2 aromatic rings. The highest BCUT2D eigenvalue weighted by molar-refractivity contribution is 5.91. The Bertz CT molecular complexity index is 801. The lowest BCUT2D eigenvalue weighted by Gasteiger charge is -2.19. The summed E-state index contributed by atoms with van der Waals surface area (Å²) in [6.45, 7) is 2.17. The molecule has 2 aliphatic carbocycles. The van der Waals surface area contributed by atoms with Crippen LogP contribution in [0.4, 0.5) is 4.39 Å². The van der Waals surface area contributed by atoms with Gasteiger partial charge in [-0.3, -0.25) is 4.79 Å². The Morgan fingerprint density at radius 1 is 1.35 bits per heavy atom. The average Bonchev–Trinajstić information content (AvgIpc) is 3.19. The fourth-order valence-electron chi connectivity index (χ4n) is 3.94. The molecule has 26 heavy (non-hydrogen) atoms. The molecule has 2 N–H and O–H groups in total. The van der Waals surface area contributed by atoms with Gasteiger partial charge in [-0.15, -0.1) is 0 Å². The van der Waals surface area contributed by atoms with Gasteiger partial charge in [0.05, 0.1) is 11.5 Å². The fourth-order valence-corrected chi connectivity index (χ4v) is 3.94. The molecule has 138 valence electrons. The molecule has 1 heterocycles. The second-order valence-electron chi connectivity index (χ2n) is 7.47. The van der Waals surface area contributed by atoms with Crippen LogP contribution in [0.1, 0.15) is 48.9 Å². The summed E-state index contributed by atoms with van der Waals surface area (Å²) in [5.41, 5.74) is 0.308. The molecule has 6 nitrogen and oxygen atoms in total. The van der Waals surface area contributed by atoms with E-state index in [9.17, 15) is 14.3 Å². The summed E-state index contributed by atoms with van der Waals surface area (Å²) in [5, 5.41) is 17.1. The lowest BCUT2D eigenvalue weighted by molar-refractivity contribution is -0.123. The predicted molar refractivity (Wildman–Crippen MR) is 90.8 cm³/mol. The zero-order valence-electron chi connectivity index (χ0n) is 14.6. The molecule has 0 radical (unpaired) electrons. The fraction of sp³-hybridized carbons (Fsp3) is 0.526. The standard InChI is InChI=1S/C19H22FN3O3/c1-11-22-17(26-23-11)12-8-13(16(24)9-12)10-21-18(25)19(6-7-19)14-2-4-15(20)5-3-14/h2-5,12-13,16,24H,6-10H2,1H3,(H,21,25)/t12-,13+,16+/m0/s1. The van der Waals surface area contributed by atoms with E-state index in [-0.39, 0.29) is 23.6 Å². The zero-order chi connectivity index (χ0) is 18.3. The molecular weight excluding hydrogens is 337 g/mol. The Labute approximate surface area is 150 Å². The molecule has 0 spiro atoms. The average molecular weight is 359 g/mol. The van der Waals surface area contributed by atoms with E-state index in [4.69, 9.17) is 4.52 Å². The summed E-state index contributed by atoms with van der Waals surface area (Å²) in [4.78, 5) is 16.9. The third-order valence-corrected chi connectivity index (χ3v) is 5.66. The molecule has 2 saturated carbocycles. The maximum absolute atomic E-state index is 13.1. The third-order valence-electron chi connectivity index (χ3n) is 5.66. The summed E-state index contributed by atoms with van der Waals surface area (Å²) in [7, 11) is 0. The Morgan fingerprint density at radius 3 is 2.69 bits per heavy atom. The number of carbonyl (C=O) groups is 1. The van der Waals surface area contributed by atoms with Crippen molar-refractivity contribution in [1.82, 2.24) is 15.5 Å². The number of aliphatic hydroxyl groups is 1. The van der Waals surface area contributed by atoms with Crippen molar-refractivity contribution in [2.45, 2.75) is 50.0 Å². The van der Waals surface area contributed by atoms with Gasteiger partial charge in [-0.2, -0.15) is 4.98 Å². The van der Waals surface area contributed by atoms with E-state index in [0.29, 0.717) is 31.1 Å². The number of aromatic nitrogens is 2. The van der Waals surface area contributed by atoms with Gasteiger partial charge >= 0.3 is 0 Å². The second-order valence-corrected chi connectivity index (χ2v) is 7.47. The van der Waals surface area contributed by atoms with Gasteiger partial charge in [0.25, 0.3) is 0 Å². The first-order chi connectivity index (χ1) is 12.5. The Hall–Kier alpha value is -2.28. The van der Waals surface area contributed by atoms with Crippen LogP contribution >= 0.6 is 0 Å². The summed E-state index contributed by atoms with van der Waals surface area (Å²) < 4.78 is 18.3. The molecule has 0 unspecified atom stereocenters. The number of amides is 1. The molecular formula is C19H22FN3O3. The number of benzene rings is 1. The monoisotopic (exact) mass is 359 g/mol. The third kappa shape index (κ3) is 3.11. The van der Waals surface area contributed by atoms with E-state index in [1.807, 2.05) is 0 Å².